The van der Waals surface area contributed by atoms with E-state index in [2.05, 4.69) is 34.6 Å². The number of benzene rings is 2. The van der Waals surface area contributed by atoms with Crippen LogP contribution in [0.5, 0.6) is 0 Å². The van der Waals surface area contributed by atoms with Crippen LogP contribution >= 0.6 is 0 Å². The third-order valence-electron chi connectivity index (χ3n) is 5.19. The van der Waals surface area contributed by atoms with Crippen molar-refractivity contribution in [3.63, 3.8) is 0 Å². The summed E-state index contributed by atoms with van der Waals surface area (Å²) < 4.78 is 5.50. The normalized spacial score (nSPS) is 12.5. The molecule has 3 aromatic rings. The number of nitrogen functional groups attached to an aromatic ring is 1. The maximum Gasteiger partial charge on any atom is 0.407 e. The Kier molecular flexibility index (Phi) is 5.66. The average molecular weight is 401 g/mol. The molecule has 1 aliphatic carbocycles. The first-order valence-electron chi connectivity index (χ1n) is 9.87. The zero-order valence-corrected chi connectivity index (χ0v) is 16.4. The van der Waals surface area contributed by atoms with Crippen LogP contribution in [-0.4, -0.2) is 24.2 Å². The van der Waals surface area contributed by atoms with Gasteiger partial charge in [-0.05, 0) is 40.3 Å². The fraction of sp³-hybridized carbons (Fsp3) is 0.167. The van der Waals surface area contributed by atoms with E-state index >= 15 is 0 Å². The summed E-state index contributed by atoms with van der Waals surface area (Å²) in [7, 11) is 0. The quantitative estimate of drug-likeness (QED) is 0.546. The number of carbonyl (C=O) groups excluding carboxylic acids is 1. The van der Waals surface area contributed by atoms with E-state index in [1.54, 1.807) is 12.3 Å². The Morgan fingerprint density at radius 3 is 2.43 bits per heavy atom. The number of nitrogens with two attached hydrogens (primary N) is 1. The summed E-state index contributed by atoms with van der Waals surface area (Å²) in [5, 5.41) is 2.77. The number of hydrogen-bond acceptors (Lipinski definition) is 4. The molecular formula is C24H23N3O3. The van der Waals surface area contributed by atoms with Gasteiger partial charge in [0.2, 0.25) is 0 Å². The van der Waals surface area contributed by atoms with Crippen LogP contribution in [-0.2, 0) is 4.74 Å². The third-order valence-corrected chi connectivity index (χ3v) is 5.19. The van der Waals surface area contributed by atoms with Gasteiger partial charge in [-0.1, -0.05) is 60.7 Å². The molecule has 1 aromatic heterocycles. The molecule has 6 heteroatoms. The van der Waals surface area contributed by atoms with Gasteiger partial charge in [0.15, 0.2) is 0 Å². The molecule has 0 saturated carbocycles. The summed E-state index contributed by atoms with van der Waals surface area (Å²) in [6, 6.07) is 18.1. The maximum atomic E-state index is 12.1. The van der Waals surface area contributed by atoms with E-state index in [-0.39, 0.29) is 17.2 Å². The molecular weight excluding hydrogens is 378 g/mol. The molecule has 0 bridgehead atoms. The Morgan fingerprint density at radius 2 is 1.77 bits per heavy atom. The number of pyridine rings is 1. The molecule has 0 atom stereocenters. The lowest BCUT2D eigenvalue weighted by atomic mass is 9.98. The largest absolute Gasteiger partial charge is 0.449 e. The zero-order chi connectivity index (χ0) is 20.9. The van der Waals surface area contributed by atoms with Crippen molar-refractivity contribution < 1.29 is 9.53 Å². The number of rotatable bonds is 6. The molecule has 0 aliphatic heterocycles. The number of carbonyl (C=O) groups is 1. The molecule has 0 unspecified atom stereocenters. The van der Waals surface area contributed by atoms with E-state index < -0.39 is 6.09 Å². The predicted molar refractivity (Wildman–Crippen MR) is 118 cm³/mol. The highest BCUT2D eigenvalue weighted by Gasteiger charge is 2.28. The highest BCUT2D eigenvalue weighted by Crippen LogP contribution is 2.44. The van der Waals surface area contributed by atoms with Crippen molar-refractivity contribution in [2.45, 2.75) is 12.3 Å². The van der Waals surface area contributed by atoms with Crippen LogP contribution < -0.4 is 16.6 Å². The first kappa shape index (κ1) is 19.5. The summed E-state index contributed by atoms with van der Waals surface area (Å²) in [5.41, 5.74) is 11.0. The number of H-pyrrole nitrogens is 1. The summed E-state index contributed by atoms with van der Waals surface area (Å²) in [5.74, 6) is 0.0498. The smallest absolute Gasteiger partial charge is 0.407 e. The number of hydrogen-bond donors (Lipinski definition) is 3. The number of ether oxygens (including phenoxy) is 1. The van der Waals surface area contributed by atoms with Gasteiger partial charge in [-0.3, -0.25) is 4.79 Å². The minimum atomic E-state index is -0.432. The standard InChI is InChI=1S/C24H23N3O3/c25-22-13-16(14-27-23(22)28)7-5-6-12-26-24(29)30-15-21-19-10-3-1-8-17(19)18-9-2-4-11-20(18)21/h1-5,7-11,13-14,21H,6,12,15,25H2,(H,26,29)(H,27,28). The Morgan fingerprint density at radius 1 is 1.10 bits per heavy atom. The summed E-state index contributed by atoms with van der Waals surface area (Å²) in [4.78, 5) is 25.9. The van der Waals surface area contributed by atoms with Gasteiger partial charge in [-0.25, -0.2) is 4.79 Å². The summed E-state index contributed by atoms with van der Waals surface area (Å²) in [6.45, 7) is 0.748. The highest BCUT2D eigenvalue weighted by molar-refractivity contribution is 5.79. The SMILES string of the molecule is Nc1cc(C=CCCNC(=O)OCC2c3ccccc3-c3ccccc32)c[nH]c1=O. The van der Waals surface area contributed by atoms with Crippen LogP contribution in [0.2, 0.25) is 0 Å². The van der Waals surface area contributed by atoms with Crippen molar-refractivity contribution >= 4 is 17.9 Å². The molecule has 152 valence electrons. The molecule has 6 nitrogen and oxygen atoms in total. The van der Waals surface area contributed by atoms with E-state index in [4.69, 9.17) is 10.5 Å². The first-order valence-corrected chi connectivity index (χ1v) is 9.87. The Hall–Kier alpha value is -3.80. The summed E-state index contributed by atoms with van der Waals surface area (Å²) >= 11 is 0. The van der Waals surface area contributed by atoms with Crippen LogP contribution in [0.4, 0.5) is 10.5 Å². The molecule has 1 amide bonds. The van der Waals surface area contributed by atoms with Gasteiger partial charge in [0.1, 0.15) is 6.61 Å². The number of amides is 1. The number of nitrogens with one attached hydrogen (secondary N) is 2. The zero-order valence-electron chi connectivity index (χ0n) is 16.4. The molecule has 0 radical (unpaired) electrons. The van der Waals surface area contributed by atoms with Gasteiger partial charge in [0.25, 0.3) is 5.56 Å². The topological polar surface area (TPSA) is 97.2 Å². The van der Waals surface area contributed by atoms with Gasteiger partial charge in [0, 0.05) is 18.7 Å². The maximum absolute atomic E-state index is 12.1. The van der Waals surface area contributed by atoms with Crippen molar-refractivity contribution in [3.05, 3.63) is 93.9 Å². The minimum Gasteiger partial charge on any atom is -0.449 e. The second kappa shape index (κ2) is 8.69. The van der Waals surface area contributed by atoms with Crippen molar-refractivity contribution in [1.29, 1.82) is 0 Å². The van der Waals surface area contributed by atoms with Gasteiger partial charge in [0.05, 0.1) is 5.69 Å². The van der Waals surface area contributed by atoms with Crippen molar-refractivity contribution in [2.75, 3.05) is 18.9 Å². The van der Waals surface area contributed by atoms with Crippen LogP contribution in [0.25, 0.3) is 17.2 Å². The van der Waals surface area contributed by atoms with E-state index in [0.29, 0.717) is 19.6 Å². The Labute approximate surface area is 174 Å². The molecule has 2 aromatic carbocycles. The molecule has 0 fully saturated rings. The van der Waals surface area contributed by atoms with Crippen molar-refractivity contribution in [3.8, 4) is 11.1 Å². The van der Waals surface area contributed by atoms with E-state index in [9.17, 15) is 9.59 Å². The van der Waals surface area contributed by atoms with Crippen LogP contribution in [0.1, 0.15) is 29.0 Å². The molecule has 30 heavy (non-hydrogen) atoms. The molecule has 4 rings (SSSR count). The van der Waals surface area contributed by atoms with Crippen LogP contribution in [0.15, 0.2) is 71.7 Å². The monoisotopic (exact) mass is 401 g/mol. The average Bonchev–Trinajstić information content (AvgIpc) is 3.08. The van der Waals surface area contributed by atoms with Crippen molar-refractivity contribution in [2.24, 2.45) is 0 Å². The molecule has 1 aliphatic rings. The van der Waals surface area contributed by atoms with E-state index in [1.165, 1.54) is 22.3 Å². The lowest BCUT2D eigenvalue weighted by Gasteiger charge is -2.14. The lowest BCUT2D eigenvalue weighted by molar-refractivity contribution is 0.143. The molecule has 4 N–H and O–H groups in total. The molecule has 1 heterocycles. The minimum absolute atomic E-state index is 0.0498. The second-order valence-corrected chi connectivity index (χ2v) is 7.16. The first-order chi connectivity index (χ1) is 14.6. The Balaban J connectivity index is 1.28. The summed E-state index contributed by atoms with van der Waals surface area (Å²) in [6.07, 6.45) is 5.53. The van der Waals surface area contributed by atoms with Crippen LogP contribution in [0.3, 0.4) is 0 Å². The van der Waals surface area contributed by atoms with E-state index in [1.807, 2.05) is 36.4 Å². The second-order valence-electron chi connectivity index (χ2n) is 7.16. The number of fused-ring (bicyclic) bond motifs is 3. The fourth-order valence-corrected chi connectivity index (χ4v) is 3.74. The van der Waals surface area contributed by atoms with Gasteiger partial charge in [-0.2, -0.15) is 0 Å². The van der Waals surface area contributed by atoms with Crippen LogP contribution in [0, 0.1) is 0 Å². The van der Waals surface area contributed by atoms with Crippen molar-refractivity contribution in [1.82, 2.24) is 10.3 Å². The van der Waals surface area contributed by atoms with Gasteiger partial charge < -0.3 is 20.8 Å². The van der Waals surface area contributed by atoms with E-state index in [0.717, 1.165) is 5.56 Å². The molecule has 0 spiro atoms. The lowest BCUT2D eigenvalue weighted by Crippen LogP contribution is -2.26. The van der Waals surface area contributed by atoms with Gasteiger partial charge in [-0.15, -0.1) is 0 Å². The number of anilines is 1. The number of alkyl carbamates (subject to hydrolysis) is 1. The van der Waals surface area contributed by atoms with Gasteiger partial charge >= 0.3 is 6.09 Å². The number of aromatic amines is 1. The molecule has 0 saturated heterocycles. The highest BCUT2D eigenvalue weighted by atomic mass is 16.5. The fourth-order valence-electron chi connectivity index (χ4n) is 3.74. The third kappa shape index (κ3) is 4.12. The predicted octanol–water partition coefficient (Wildman–Crippen LogP) is 3.90. The Bertz CT molecular complexity index is 1100. The number of aromatic nitrogens is 1.